The molecule has 0 bridgehead atoms. The van der Waals surface area contributed by atoms with Crippen LogP contribution in [0.5, 0.6) is 0 Å². The largest absolute Gasteiger partial charge is 0.426 e. The summed E-state index contributed by atoms with van der Waals surface area (Å²) in [5.74, 6) is 0.0797. The number of hydrogen-bond donors (Lipinski definition) is 0. The quantitative estimate of drug-likeness (QED) is 0.518. The predicted octanol–water partition coefficient (Wildman–Crippen LogP) is 4.60. The lowest BCUT2D eigenvalue weighted by Gasteiger charge is -2.08. The second-order valence-corrected chi connectivity index (χ2v) is 5.12. The van der Waals surface area contributed by atoms with Crippen molar-refractivity contribution in [2.24, 2.45) is 0 Å². The van der Waals surface area contributed by atoms with Gasteiger partial charge in [0.1, 0.15) is 5.76 Å². The minimum absolute atomic E-state index is 0.243. The number of fused-ring (bicyclic) bond motifs is 1. The normalized spacial score (nSPS) is 10.4. The summed E-state index contributed by atoms with van der Waals surface area (Å²) in [6.45, 7) is 3.87. The highest BCUT2D eigenvalue weighted by Gasteiger charge is 2.09. The lowest BCUT2D eigenvalue weighted by atomic mass is 10.1. The first-order valence-electron chi connectivity index (χ1n) is 7.15. The van der Waals surface area contributed by atoms with Crippen molar-refractivity contribution in [2.45, 2.75) is 6.42 Å². The maximum absolute atomic E-state index is 12.0. The van der Waals surface area contributed by atoms with Crippen LogP contribution in [0.2, 0.25) is 0 Å². The average molecular weight is 288 g/mol. The molecule has 3 aromatic carbocycles. The van der Waals surface area contributed by atoms with Gasteiger partial charge in [-0.25, -0.2) is 0 Å². The first kappa shape index (κ1) is 14.1. The molecule has 0 unspecified atom stereocenters. The molecule has 0 saturated carbocycles. The van der Waals surface area contributed by atoms with Crippen LogP contribution in [0, 0.1) is 0 Å². The van der Waals surface area contributed by atoms with Crippen LogP contribution >= 0.6 is 0 Å². The van der Waals surface area contributed by atoms with Crippen LogP contribution in [-0.2, 0) is 16.0 Å². The maximum atomic E-state index is 12.0. The van der Waals surface area contributed by atoms with Gasteiger partial charge in [0.25, 0.3) is 0 Å². The van der Waals surface area contributed by atoms with E-state index in [0.717, 1.165) is 21.9 Å². The van der Waals surface area contributed by atoms with Crippen molar-refractivity contribution in [1.29, 1.82) is 0 Å². The van der Waals surface area contributed by atoms with Crippen LogP contribution in [0.3, 0.4) is 0 Å². The van der Waals surface area contributed by atoms with Crippen molar-refractivity contribution in [1.82, 2.24) is 0 Å². The lowest BCUT2D eigenvalue weighted by molar-refractivity contribution is -0.135. The molecule has 0 fully saturated rings. The highest BCUT2D eigenvalue weighted by Crippen LogP contribution is 2.21. The topological polar surface area (TPSA) is 26.3 Å². The Balaban J connectivity index is 1.71. The third-order valence-corrected chi connectivity index (χ3v) is 3.50. The van der Waals surface area contributed by atoms with Gasteiger partial charge in [-0.2, -0.15) is 0 Å². The summed E-state index contributed by atoms with van der Waals surface area (Å²) in [7, 11) is 0. The standard InChI is InChI=1S/C20H16O2/c1-15(22-20(21)13-16-7-3-2-4-8-16)18-12-11-17-9-5-6-10-19(17)14-18/h2-12,14H,1,13H2. The van der Waals surface area contributed by atoms with Crippen LogP contribution in [0.15, 0.2) is 79.4 Å². The smallest absolute Gasteiger partial charge is 0.315 e. The van der Waals surface area contributed by atoms with Crippen LogP contribution in [0.1, 0.15) is 11.1 Å². The number of esters is 1. The number of ether oxygens (including phenoxy) is 1. The Kier molecular flexibility index (Phi) is 4.01. The van der Waals surface area contributed by atoms with Gasteiger partial charge in [-0.05, 0) is 22.4 Å². The van der Waals surface area contributed by atoms with Crippen molar-refractivity contribution >= 4 is 22.5 Å². The van der Waals surface area contributed by atoms with E-state index in [1.807, 2.05) is 72.8 Å². The van der Waals surface area contributed by atoms with Gasteiger partial charge < -0.3 is 4.74 Å². The Bertz CT molecular complexity index is 819. The van der Waals surface area contributed by atoms with Gasteiger partial charge in [0, 0.05) is 5.56 Å². The molecule has 0 amide bonds. The van der Waals surface area contributed by atoms with Crippen molar-refractivity contribution in [2.75, 3.05) is 0 Å². The number of carbonyl (C=O) groups excluding carboxylic acids is 1. The van der Waals surface area contributed by atoms with E-state index in [0.29, 0.717) is 5.76 Å². The zero-order valence-corrected chi connectivity index (χ0v) is 12.2. The highest BCUT2D eigenvalue weighted by molar-refractivity contribution is 5.87. The molecular weight excluding hydrogens is 272 g/mol. The average Bonchev–Trinajstić information content (AvgIpc) is 2.55. The fraction of sp³-hybridized carbons (Fsp3) is 0.0500. The SMILES string of the molecule is C=C(OC(=O)Cc1ccccc1)c1ccc2ccccc2c1. The molecule has 0 N–H and O–H groups in total. The van der Waals surface area contributed by atoms with Gasteiger partial charge in [-0.15, -0.1) is 0 Å². The molecule has 0 aliphatic rings. The number of carbonyl (C=O) groups is 1. The summed E-state index contributed by atoms with van der Waals surface area (Å²) in [5.41, 5.74) is 1.75. The second-order valence-electron chi connectivity index (χ2n) is 5.12. The van der Waals surface area contributed by atoms with Crippen LogP contribution in [0.25, 0.3) is 16.5 Å². The van der Waals surface area contributed by atoms with Crippen molar-refractivity contribution < 1.29 is 9.53 Å². The van der Waals surface area contributed by atoms with E-state index in [2.05, 4.69) is 6.58 Å². The van der Waals surface area contributed by atoms with Gasteiger partial charge in [0.2, 0.25) is 0 Å². The molecule has 0 radical (unpaired) electrons. The molecule has 2 nitrogen and oxygen atoms in total. The molecular formula is C20H16O2. The Morgan fingerprint density at radius 1 is 0.864 bits per heavy atom. The van der Waals surface area contributed by atoms with E-state index >= 15 is 0 Å². The van der Waals surface area contributed by atoms with Crippen molar-refractivity contribution in [3.05, 3.63) is 90.5 Å². The Morgan fingerprint density at radius 3 is 2.32 bits per heavy atom. The van der Waals surface area contributed by atoms with Crippen LogP contribution < -0.4 is 0 Å². The minimum Gasteiger partial charge on any atom is -0.426 e. The van der Waals surface area contributed by atoms with Crippen LogP contribution in [0.4, 0.5) is 0 Å². The monoisotopic (exact) mass is 288 g/mol. The van der Waals surface area contributed by atoms with E-state index in [9.17, 15) is 4.79 Å². The summed E-state index contributed by atoms with van der Waals surface area (Å²) in [6.07, 6.45) is 0.243. The summed E-state index contributed by atoms with van der Waals surface area (Å²) in [5, 5.41) is 2.25. The van der Waals surface area contributed by atoms with Gasteiger partial charge in [0.15, 0.2) is 0 Å². The molecule has 0 atom stereocenters. The van der Waals surface area contributed by atoms with Gasteiger partial charge in [-0.1, -0.05) is 73.3 Å². The Hall–Kier alpha value is -2.87. The zero-order chi connectivity index (χ0) is 15.4. The van der Waals surface area contributed by atoms with E-state index in [1.165, 1.54) is 0 Å². The van der Waals surface area contributed by atoms with E-state index in [4.69, 9.17) is 4.74 Å². The third kappa shape index (κ3) is 3.23. The van der Waals surface area contributed by atoms with Crippen molar-refractivity contribution in [3.8, 4) is 0 Å². The summed E-state index contributed by atoms with van der Waals surface area (Å²) in [6, 6.07) is 23.5. The minimum atomic E-state index is -0.302. The molecule has 2 heteroatoms. The first-order chi connectivity index (χ1) is 10.7. The van der Waals surface area contributed by atoms with Crippen molar-refractivity contribution in [3.63, 3.8) is 0 Å². The Labute approximate surface area is 129 Å². The molecule has 0 aliphatic carbocycles. The molecule has 0 aliphatic heterocycles. The molecule has 0 heterocycles. The molecule has 108 valence electrons. The first-order valence-corrected chi connectivity index (χ1v) is 7.15. The van der Waals surface area contributed by atoms with Gasteiger partial charge in [0.05, 0.1) is 6.42 Å². The predicted molar refractivity (Wildman–Crippen MR) is 89.2 cm³/mol. The van der Waals surface area contributed by atoms with Gasteiger partial charge in [-0.3, -0.25) is 4.79 Å². The van der Waals surface area contributed by atoms with E-state index in [1.54, 1.807) is 0 Å². The van der Waals surface area contributed by atoms with Crippen LogP contribution in [-0.4, -0.2) is 5.97 Å². The fourth-order valence-corrected chi connectivity index (χ4v) is 2.36. The summed E-state index contributed by atoms with van der Waals surface area (Å²) in [4.78, 5) is 12.0. The fourth-order valence-electron chi connectivity index (χ4n) is 2.36. The maximum Gasteiger partial charge on any atom is 0.315 e. The summed E-state index contributed by atoms with van der Waals surface area (Å²) >= 11 is 0. The summed E-state index contributed by atoms with van der Waals surface area (Å²) < 4.78 is 5.36. The Morgan fingerprint density at radius 2 is 1.55 bits per heavy atom. The number of benzene rings is 3. The molecule has 0 aromatic heterocycles. The highest BCUT2D eigenvalue weighted by atomic mass is 16.5. The number of hydrogen-bond acceptors (Lipinski definition) is 2. The van der Waals surface area contributed by atoms with E-state index < -0.39 is 0 Å². The zero-order valence-electron chi connectivity index (χ0n) is 12.2. The molecule has 0 spiro atoms. The van der Waals surface area contributed by atoms with E-state index in [-0.39, 0.29) is 12.4 Å². The third-order valence-electron chi connectivity index (χ3n) is 3.50. The second kappa shape index (κ2) is 6.27. The molecule has 3 rings (SSSR count). The molecule has 22 heavy (non-hydrogen) atoms. The number of rotatable bonds is 4. The van der Waals surface area contributed by atoms with Gasteiger partial charge >= 0.3 is 5.97 Å². The molecule has 0 saturated heterocycles. The molecule has 3 aromatic rings. The lowest BCUT2D eigenvalue weighted by Crippen LogP contribution is -2.06.